The third-order valence-electron chi connectivity index (χ3n) is 3.32. The molecule has 1 aliphatic rings. The molecule has 2 amide bonds. The number of nitrogens with zero attached hydrogens (tertiary/aromatic N) is 1. The molecule has 1 aliphatic heterocycles. The molecule has 0 radical (unpaired) electrons. The molecule has 0 bridgehead atoms. The highest BCUT2D eigenvalue weighted by Crippen LogP contribution is 2.30. The van der Waals surface area contributed by atoms with Crippen molar-refractivity contribution in [1.29, 1.82) is 0 Å². The largest absolute Gasteiger partial charge is 0.506 e. The normalized spacial score (nSPS) is 16.0. The number of aromatic hydroxyl groups is 1. The third kappa shape index (κ3) is 3.38. The van der Waals surface area contributed by atoms with Gasteiger partial charge < -0.3 is 5.11 Å². The van der Waals surface area contributed by atoms with Crippen LogP contribution in [0.5, 0.6) is 5.75 Å². The summed E-state index contributed by atoms with van der Waals surface area (Å²) in [4.78, 5) is 24.7. The van der Waals surface area contributed by atoms with Gasteiger partial charge in [0.15, 0.2) is 0 Å². The summed E-state index contributed by atoms with van der Waals surface area (Å²) in [6.45, 7) is 0. The number of nitrogens with one attached hydrogen (secondary N) is 1. The molecule has 2 aromatic rings. The van der Waals surface area contributed by atoms with Crippen molar-refractivity contribution in [2.45, 2.75) is 0 Å². The fraction of sp³-hybridized carbons (Fsp3) is 0. The van der Waals surface area contributed by atoms with E-state index in [2.05, 4.69) is 28.0 Å². The van der Waals surface area contributed by atoms with Gasteiger partial charge in [-0.2, -0.15) is 0 Å². The first-order valence-electron chi connectivity index (χ1n) is 6.67. The van der Waals surface area contributed by atoms with E-state index in [0.717, 1.165) is 8.58 Å². The molecule has 1 heterocycles. The number of phenolic OH excluding ortho intramolecular Hbond substituents is 1. The summed E-state index contributed by atoms with van der Waals surface area (Å²) in [5.41, 5.74) is 3.32. The maximum Gasteiger partial charge on any atom is 0.282 e. The first kappa shape index (κ1) is 17.5. The second-order valence-electron chi connectivity index (χ2n) is 4.94. The van der Waals surface area contributed by atoms with Crippen molar-refractivity contribution in [2.24, 2.45) is 0 Å². The highest BCUT2D eigenvalue weighted by Gasteiger charge is 2.34. The van der Waals surface area contributed by atoms with Gasteiger partial charge in [0.2, 0.25) is 0 Å². The van der Waals surface area contributed by atoms with Crippen molar-refractivity contribution < 1.29 is 14.7 Å². The molecular formula is C16H9ClI2N2O3. The van der Waals surface area contributed by atoms with Crippen LogP contribution in [0.15, 0.2) is 42.0 Å². The van der Waals surface area contributed by atoms with Gasteiger partial charge in [0.05, 0.1) is 9.26 Å². The summed E-state index contributed by atoms with van der Waals surface area (Å²) < 4.78 is 1.53. The third-order valence-corrected chi connectivity index (χ3v) is 5.00. The maximum absolute atomic E-state index is 12.6. The van der Waals surface area contributed by atoms with E-state index in [-0.39, 0.29) is 11.3 Å². The number of hydrazine groups is 1. The molecule has 5 nitrogen and oxygen atoms in total. The second-order valence-corrected chi connectivity index (χ2v) is 7.79. The zero-order valence-corrected chi connectivity index (χ0v) is 17.0. The van der Waals surface area contributed by atoms with Gasteiger partial charge in [0, 0.05) is 14.2 Å². The van der Waals surface area contributed by atoms with E-state index in [0.29, 0.717) is 19.8 Å². The first-order chi connectivity index (χ1) is 11.4. The molecule has 3 rings (SSSR count). The lowest BCUT2D eigenvalue weighted by atomic mass is 10.1. The average Bonchev–Trinajstić information content (AvgIpc) is 2.80. The number of phenols is 1. The van der Waals surface area contributed by atoms with E-state index < -0.39 is 11.8 Å². The van der Waals surface area contributed by atoms with E-state index in [4.69, 9.17) is 11.6 Å². The van der Waals surface area contributed by atoms with Gasteiger partial charge in [-0.05, 0) is 81.6 Å². The number of rotatable bonds is 2. The smallest absolute Gasteiger partial charge is 0.282 e. The Balaban J connectivity index is 2.01. The Morgan fingerprint density at radius 3 is 2.62 bits per heavy atom. The van der Waals surface area contributed by atoms with Gasteiger partial charge >= 0.3 is 0 Å². The van der Waals surface area contributed by atoms with Crippen molar-refractivity contribution in [3.63, 3.8) is 0 Å². The molecule has 2 N–H and O–H groups in total. The van der Waals surface area contributed by atoms with Crippen molar-refractivity contribution >= 4 is 80.4 Å². The molecule has 2 aromatic carbocycles. The Kier molecular flexibility index (Phi) is 5.02. The lowest BCUT2D eigenvalue weighted by Gasteiger charge is -2.14. The quantitative estimate of drug-likeness (QED) is 0.331. The fourth-order valence-electron chi connectivity index (χ4n) is 2.21. The van der Waals surface area contributed by atoms with Gasteiger partial charge in [-0.15, -0.1) is 0 Å². The Morgan fingerprint density at radius 1 is 1.17 bits per heavy atom. The Morgan fingerprint density at radius 2 is 1.92 bits per heavy atom. The summed E-state index contributed by atoms with van der Waals surface area (Å²) in [5.74, 6) is -1.01. The van der Waals surface area contributed by atoms with Gasteiger partial charge in [-0.25, -0.2) is 5.01 Å². The van der Waals surface area contributed by atoms with Crippen molar-refractivity contribution in [2.75, 3.05) is 5.01 Å². The number of halogens is 3. The van der Waals surface area contributed by atoms with Crippen molar-refractivity contribution in [3.8, 4) is 5.75 Å². The highest BCUT2D eigenvalue weighted by atomic mass is 127. The van der Waals surface area contributed by atoms with Crippen LogP contribution < -0.4 is 10.4 Å². The van der Waals surface area contributed by atoms with Crippen molar-refractivity contribution in [1.82, 2.24) is 5.43 Å². The van der Waals surface area contributed by atoms with Crippen LogP contribution in [0.25, 0.3) is 6.08 Å². The van der Waals surface area contributed by atoms with Gasteiger partial charge in [0.25, 0.3) is 11.8 Å². The fourth-order valence-corrected chi connectivity index (χ4v) is 4.28. The second kappa shape index (κ2) is 6.89. The number of carbonyl (C=O) groups is 2. The van der Waals surface area contributed by atoms with Crippen LogP contribution in [-0.4, -0.2) is 16.9 Å². The molecule has 8 heteroatoms. The van der Waals surface area contributed by atoms with Crippen molar-refractivity contribution in [3.05, 3.63) is 59.7 Å². The lowest BCUT2D eigenvalue weighted by molar-refractivity contribution is -0.117. The predicted octanol–water partition coefficient (Wildman–Crippen LogP) is 3.72. The average molecular weight is 567 g/mol. The van der Waals surface area contributed by atoms with E-state index in [1.165, 1.54) is 6.08 Å². The highest BCUT2D eigenvalue weighted by molar-refractivity contribution is 14.1. The zero-order chi connectivity index (χ0) is 17.4. The summed E-state index contributed by atoms with van der Waals surface area (Å²) in [7, 11) is 0. The van der Waals surface area contributed by atoms with Crippen LogP contribution in [0.4, 0.5) is 5.69 Å². The molecule has 0 atom stereocenters. The van der Waals surface area contributed by atoms with Gasteiger partial charge in [0.1, 0.15) is 11.3 Å². The van der Waals surface area contributed by atoms with Crippen LogP contribution >= 0.6 is 56.8 Å². The molecule has 0 aromatic heterocycles. The molecule has 0 unspecified atom stereocenters. The summed E-state index contributed by atoms with van der Waals surface area (Å²) in [6, 6.07) is 10.1. The van der Waals surface area contributed by atoms with Crippen LogP contribution in [0.1, 0.15) is 5.56 Å². The number of anilines is 1. The monoisotopic (exact) mass is 566 g/mol. The zero-order valence-electron chi connectivity index (χ0n) is 11.9. The van der Waals surface area contributed by atoms with Crippen LogP contribution in [-0.2, 0) is 9.59 Å². The number of hydrogen-bond acceptors (Lipinski definition) is 3. The van der Waals surface area contributed by atoms with Crippen LogP contribution in [0.2, 0.25) is 5.02 Å². The predicted molar refractivity (Wildman–Crippen MR) is 109 cm³/mol. The summed E-state index contributed by atoms with van der Waals surface area (Å²) >= 11 is 10.0. The molecule has 0 spiro atoms. The number of carbonyl (C=O) groups excluding carboxylic acids is 2. The standard InChI is InChI=1S/C16H9ClI2N2O3/c17-9-2-1-3-11(6-9)21-16(24)12(15(23)20-21)5-8-4-10(18)7-13(19)14(8)22/h1-7,22H,(H,20,23)/b12-5-. The molecule has 0 aliphatic carbocycles. The van der Waals surface area contributed by atoms with Gasteiger partial charge in [-0.3, -0.25) is 15.0 Å². The topological polar surface area (TPSA) is 69.6 Å². The Bertz CT molecular complexity index is 899. The molecule has 0 saturated carbocycles. The maximum atomic E-state index is 12.6. The number of benzene rings is 2. The van der Waals surface area contributed by atoms with Gasteiger partial charge in [-0.1, -0.05) is 17.7 Å². The molecule has 24 heavy (non-hydrogen) atoms. The minimum Gasteiger partial charge on any atom is -0.506 e. The van der Waals surface area contributed by atoms with Crippen LogP contribution in [0, 0.1) is 7.14 Å². The number of hydrogen-bond donors (Lipinski definition) is 2. The lowest BCUT2D eigenvalue weighted by Crippen LogP contribution is -2.35. The SMILES string of the molecule is O=C1NN(c2cccc(Cl)c2)C(=O)/C1=C\c1cc(I)cc(I)c1O. The number of amides is 2. The summed E-state index contributed by atoms with van der Waals surface area (Å²) in [6.07, 6.45) is 1.39. The summed E-state index contributed by atoms with van der Waals surface area (Å²) in [5, 5.41) is 11.7. The molecule has 1 fully saturated rings. The van der Waals surface area contributed by atoms with Crippen LogP contribution in [0.3, 0.4) is 0 Å². The molecular weight excluding hydrogens is 557 g/mol. The molecule has 122 valence electrons. The Labute approximate surface area is 169 Å². The minimum absolute atomic E-state index is 0.0327. The van der Waals surface area contributed by atoms with E-state index in [1.807, 2.05) is 22.6 Å². The van der Waals surface area contributed by atoms with E-state index in [9.17, 15) is 14.7 Å². The Hall–Kier alpha value is -1.33. The molecule has 1 saturated heterocycles. The minimum atomic E-state index is -0.534. The van der Waals surface area contributed by atoms with E-state index >= 15 is 0 Å². The van der Waals surface area contributed by atoms with E-state index in [1.54, 1.807) is 36.4 Å². The first-order valence-corrected chi connectivity index (χ1v) is 9.21.